The van der Waals surface area contributed by atoms with Crippen LogP contribution in [0.2, 0.25) is 0 Å². The zero-order valence-electron chi connectivity index (χ0n) is 16.8. The molecule has 0 aliphatic heterocycles. The molecule has 1 N–H and O–H groups in total. The summed E-state index contributed by atoms with van der Waals surface area (Å²) in [6, 6.07) is 11.6. The van der Waals surface area contributed by atoms with E-state index in [-0.39, 0.29) is 4.90 Å². The van der Waals surface area contributed by atoms with Crippen LogP contribution in [0.25, 0.3) is 11.5 Å². The summed E-state index contributed by atoms with van der Waals surface area (Å²) in [6.45, 7) is 2.65. The topological polar surface area (TPSA) is 104 Å². The van der Waals surface area contributed by atoms with Crippen LogP contribution in [0.15, 0.2) is 51.9 Å². The van der Waals surface area contributed by atoms with Gasteiger partial charge in [0.25, 0.3) is 15.9 Å². The highest BCUT2D eigenvalue weighted by atomic mass is 32.2. The first-order valence-corrected chi connectivity index (χ1v) is 11.1. The highest BCUT2D eigenvalue weighted by Gasteiger charge is 2.29. The molecule has 0 spiro atoms. The number of rotatable bonds is 9. The molecule has 3 aromatic rings. The molecule has 0 unspecified atom stereocenters. The summed E-state index contributed by atoms with van der Waals surface area (Å²) in [6.07, 6.45) is 2.16. The molecular formula is C21H23N3O5S. The predicted octanol–water partition coefficient (Wildman–Crippen LogP) is 3.75. The zero-order valence-corrected chi connectivity index (χ0v) is 17.6. The van der Waals surface area contributed by atoms with E-state index < -0.39 is 10.0 Å². The summed E-state index contributed by atoms with van der Waals surface area (Å²) in [5.74, 6) is 2.09. The Balaban J connectivity index is 1.51. The van der Waals surface area contributed by atoms with Crippen molar-refractivity contribution in [3.8, 4) is 17.2 Å². The van der Waals surface area contributed by atoms with Gasteiger partial charge in [-0.15, -0.1) is 0 Å². The Bertz CT molecular complexity index is 1140. The van der Waals surface area contributed by atoms with E-state index in [1.165, 1.54) is 6.07 Å². The lowest BCUT2D eigenvalue weighted by molar-refractivity contribution is 0.146. The van der Waals surface area contributed by atoms with Crippen molar-refractivity contribution >= 4 is 15.7 Å². The molecule has 9 heteroatoms. The van der Waals surface area contributed by atoms with E-state index in [1.807, 2.05) is 0 Å². The van der Waals surface area contributed by atoms with Crippen LogP contribution in [0.1, 0.15) is 30.1 Å². The quantitative estimate of drug-likeness (QED) is 0.517. The number of hydrogen-bond donors (Lipinski definition) is 1. The van der Waals surface area contributed by atoms with E-state index in [0.717, 1.165) is 18.4 Å². The van der Waals surface area contributed by atoms with E-state index >= 15 is 0 Å². The Morgan fingerprint density at radius 3 is 2.73 bits per heavy atom. The van der Waals surface area contributed by atoms with Crippen molar-refractivity contribution in [1.29, 1.82) is 0 Å². The first-order chi connectivity index (χ1) is 14.5. The van der Waals surface area contributed by atoms with Crippen LogP contribution in [0.5, 0.6) is 5.75 Å². The van der Waals surface area contributed by atoms with Crippen LogP contribution in [-0.2, 0) is 14.8 Å². The Hall–Kier alpha value is -2.91. The van der Waals surface area contributed by atoms with Gasteiger partial charge in [0.05, 0.1) is 11.5 Å². The maximum absolute atomic E-state index is 12.9. The number of nitrogens with zero attached hydrogens (tertiary/aromatic N) is 2. The summed E-state index contributed by atoms with van der Waals surface area (Å²) in [5.41, 5.74) is 1.80. The second-order valence-electron chi connectivity index (χ2n) is 7.19. The van der Waals surface area contributed by atoms with Gasteiger partial charge < -0.3 is 14.0 Å². The van der Waals surface area contributed by atoms with E-state index in [1.54, 1.807) is 50.4 Å². The fourth-order valence-electron chi connectivity index (χ4n) is 2.98. The largest absolute Gasteiger partial charge is 0.491 e. The number of nitrogens with one attached hydrogen (secondary N) is 1. The monoisotopic (exact) mass is 429 g/mol. The molecule has 1 fully saturated rings. The fraction of sp³-hybridized carbons (Fsp3) is 0.333. The van der Waals surface area contributed by atoms with E-state index in [0.29, 0.717) is 47.8 Å². The summed E-state index contributed by atoms with van der Waals surface area (Å²) in [5, 5.41) is 4.01. The molecule has 8 nitrogen and oxygen atoms in total. The van der Waals surface area contributed by atoms with Crippen molar-refractivity contribution in [1.82, 2.24) is 10.1 Å². The van der Waals surface area contributed by atoms with Crippen molar-refractivity contribution in [2.45, 2.75) is 30.6 Å². The van der Waals surface area contributed by atoms with Gasteiger partial charge in [0.2, 0.25) is 0 Å². The van der Waals surface area contributed by atoms with Crippen molar-refractivity contribution in [3.63, 3.8) is 0 Å². The summed E-state index contributed by atoms with van der Waals surface area (Å²) in [4.78, 5) is 4.56. The smallest absolute Gasteiger partial charge is 0.261 e. The Kier molecular flexibility index (Phi) is 5.74. The van der Waals surface area contributed by atoms with E-state index in [4.69, 9.17) is 14.0 Å². The number of aromatic nitrogens is 2. The summed E-state index contributed by atoms with van der Waals surface area (Å²) >= 11 is 0. The molecule has 1 saturated carbocycles. The molecule has 0 saturated heterocycles. The van der Waals surface area contributed by atoms with Crippen molar-refractivity contribution < 1.29 is 22.4 Å². The van der Waals surface area contributed by atoms with Crippen molar-refractivity contribution in [3.05, 3.63) is 53.9 Å². The maximum atomic E-state index is 12.9. The molecule has 1 aromatic heterocycles. The van der Waals surface area contributed by atoms with Gasteiger partial charge in [0, 0.05) is 24.3 Å². The molecule has 0 bridgehead atoms. The molecular weight excluding hydrogens is 406 g/mol. The molecule has 4 rings (SSSR count). The lowest BCUT2D eigenvalue weighted by Gasteiger charge is -2.12. The average molecular weight is 429 g/mol. The third kappa shape index (κ3) is 4.63. The van der Waals surface area contributed by atoms with Gasteiger partial charge in [0.15, 0.2) is 5.82 Å². The standard InChI is InChI=1S/C21H23N3O5S/c1-14-12-18(8-9-19(14)28-11-10-27-2)30(25,26)24-17-5-3-4-16(13-17)21-22-20(23-29-21)15-6-7-15/h3-5,8-9,12-13,15,24H,6-7,10-11H2,1-2H3. The second kappa shape index (κ2) is 8.45. The number of anilines is 1. The first-order valence-electron chi connectivity index (χ1n) is 9.65. The summed E-state index contributed by atoms with van der Waals surface area (Å²) in [7, 11) is -2.18. The van der Waals surface area contributed by atoms with Crippen molar-refractivity contribution in [2.24, 2.45) is 0 Å². The van der Waals surface area contributed by atoms with Gasteiger partial charge in [-0.25, -0.2) is 8.42 Å². The van der Waals surface area contributed by atoms with E-state index in [2.05, 4.69) is 14.9 Å². The molecule has 0 atom stereocenters. The van der Waals surface area contributed by atoms with Crippen LogP contribution in [0.4, 0.5) is 5.69 Å². The summed E-state index contributed by atoms with van der Waals surface area (Å²) < 4.78 is 44.2. The highest BCUT2D eigenvalue weighted by molar-refractivity contribution is 7.92. The van der Waals surface area contributed by atoms with Crippen LogP contribution in [0.3, 0.4) is 0 Å². The Morgan fingerprint density at radius 2 is 2.00 bits per heavy atom. The number of benzene rings is 2. The van der Waals surface area contributed by atoms with Gasteiger partial charge in [0.1, 0.15) is 12.4 Å². The molecule has 30 heavy (non-hydrogen) atoms. The van der Waals surface area contributed by atoms with Crippen LogP contribution < -0.4 is 9.46 Å². The fourth-order valence-corrected chi connectivity index (χ4v) is 4.11. The molecule has 1 aliphatic rings. The normalized spacial score (nSPS) is 13.9. The van der Waals surface area contributed by atoms with Gasteiger partial charge in [-0.3, -0.25) is 4.72 Å². The maximum Gasteiger partial charge on any atom is 0.261 e. The molecule has 0 amide bonds. The highest BCUT2D eigenvalue weighted by Crippen LogP contribution is 2.39. The molecule has 2 aromatic carbocycles. The SMILES string of the molecule is COCCOc1ccc(S(=O)(=O)Nc2cccc(-c3nc(C4CC4)no3)c2)cc1C. The third-order valence-electron chi connectivity index (χ3n) is 4.75. The van der Waals surface area contributed by atoms with Crippen LogP contribution in [-0.4, -0.2) is 38.9 Å². The molecule has 1 aliphatic carbocycles. The van der Waals surface area contributed by atoms with Crippen LogP contribution >= 0.6 is 0 Å². The minimum Gasteiger partial charge on any atom is -0.491 e. The minimum absolute atomic E-state index is 0.151. The van der Waals surface area contributed by atoms with Gasteiger partial charge >= 0.3 is 0 Å². The number of aryl methyl sites for hydroxylation is 1. The zero-order chi connectivity index (χ0) is 21.1. The number of methoxy groups -OCH3 is 1. The lowest BCUT2D eigenvalue weighted by atomic mass is 10.2. The lowest BCUT2D eigenvalue weighted by Crippen LogP contribution is -2.13. The number of sulfonamides is 1. The van der Waals surface area contributed by atoms with Gasteiger partial charge in [-0.05, 0) is 61.7 Å². The van der Waals surface area contributed by atoms with Crippen molar-refractivity contribution in [2.75, 3.05) is 25.0 Å². The predicted molar refractivity (Wildman–Crippen MR) is 111 cm³/mol. The first kappa shape index (κ1) is 20.4. The van der Waals surface area contributed by atoms with Crippen LogP contribution in [0, 0.1) is 6.92 Å². The second-order valence-corrected chi connectivity index (χ2v) is 8.87. The van der Waals surface area contributed by atoms with E-state index in [9.17, 15) is 8.42 Å². The average Bonchev–Trinajstić information content (AvgIpc) is 3.46. The molecule has 1 heterocycles. The molecule has 158 valence electrons. The van der Waals surface area contributed by atoms with Gasteiger partial charge in [-0.2, -0.15) is 4.98 Å². The number of hydrogen-bond acceptors (Lipinski definition) is 7. The number of ether oxygens (including phenoxy) is 2. The Morgan fingerprint density at radius 1 is 1.17 bits per heavy atom. The molecule has 0 radical (unpaired) electrons. The van der Waals surface area contributed by atoms with Gasteiger partial charge in [-0.1, -0.05) is 11.2 Å². The Labute approximate surface area is 175 Å². The minimum atomic E-state index is -3.77. The third-order valence-corrected chi connectivity index (χ3v) is 6.13.